The van der Waals surface area contributed by atoms with Gasteiger partial charge in [0.25, 0.3) is 0 Å². The van der Waals surface area contributed by atoms with Crippen molar-refractivity contribution in [2.24, 2.45) is 5.92 Å². The Morgan fingerprint density at radius 3 is 2.34 bits per heavy atom. The largest absolute Gasteiger partial charge is 0.481 e. The fourth-order valence-electron chi connectivity index (χ4n) is 4.34. The van der Waals surface area contributed by atoms with Gasteiger partial charge in [-0.05, 0) is 73.4 Å². The van der Waals surface area contributed by atoms with Gasteiger partial charge in [-0.1, -0.05) is 23.3 Å². The maximum Gasteiger partial charge on any atom is 0.320 e. The van der Waals surface area contributed by atoms with E-state index < -0.39 is 11.9 Å². The van der Waals surface area contributed by atoms with Gasteiger partial charge in [0, 0.05) is 30.4 Å². The van der Waals surface area contributed by atoms with Gasteiger partial charge in [0.05, 0.1) is 0 Å². The van der Waals surface area contributed by atoms with Crippen molar-refractivity contribution in [1.82, 2.24) is 10.2 Å². The summed E-state index contributed by atoms with van der Waals surface area (Å²) in [5, 5.41) is 25.0. The van der Waals surface area contributed by atoms with Gasteiger partial charge in [0.15, 0.2) is 0 Å². The number of carbonyl (C=O) groups excluding carboxylic acids is 2. The molecule has 1 aromatic heterocycles. The zero-order valence-corrected chi connectivity index (χ0v) is 19.3. The highest BCUT2D eigenvalue weighted by Crippen LogP contribution is 2.37. The van der Waals surface area contributed by atoms with Crippen LogP contribution in [0.3, 0.4) is 0 Å². The molecule has 4 rings (SSSR count). The van der Waals surface area contributed by atoms with Gasteiger partial charge in [0.1, 0.15) is 0 Å². The summed E-state index contributed by atoms with van der Waals surface area (Å²) in [6, 6.07) is 14.6. The third kappa shape index (κ3) is 6.66. The van der Waals surface area contributed by atoms with Crippen molar-refractivity contribution >= 4 is 40.9 Å². The molecule has 10 heteroatoms. The first-order valence-corrected chi connectivity index (χ1v) is 11.5. The Labute approximate surface area is 202 Å². The van der Waals surface area contributed by atoms with Gasteiger partial charge in [-0.2, -0.15) is 0 Å². The lowest BCUT2D eigenvalue weighted by molar-refractivity contribution is -0.138. The van der Waals surface area contributed by atoms with E-state index in [1.807, 2.05) is 24.3 Å². The molecule has 1 saturated carbocycles. The number of carboxylic acids is 1. The number of anilines is 4. The van der Waals surface area contributed by atoms with Crippen molar-refractivity contribution in [1.29, 1.82) is 0 Å². The standard InChI is InChI=1S/C25H27N5O5/c1-15(31)26-20-3-2-4-21(14-20)28-25-30-29-24(35-25)23(34)27-19-11-9-18(10-12-19)17-7-5-16(6-8-17)13-22(32)33/h2-4,9-12,14,16-17H,5-8,13H2,1H3,(H,26,31)(H,27,34)(H,28,30)(H,32,33). The van der Waals surface area contributed by atoms with Crippen LogP contribution in [0.5, 0.6) is 0 Å². The van der Waals surface area contributed by atoms with Gasteiger partial charge in [-0.25, -0.2) is 0 Å². The fourth-order valence-corrected chi connectivity index (χ4v) is 4.34. The number of hydrogen-bond donors (Lipinski definition) is 4. The van der Waals surface area contributed by atoms with E-state index in [9.17, 15) is 14.4 Å². The molecule has 2 aromatic carbocycles. The lowest BCUT2D eigenvalue weighted by atomic mass is 9.77. The number of carboxylic acid groups (broad SMARTS) is 1. The molecule has 35 heavy (non-hydrogen) atoms. The number of nitrogens with zero attached hydrogens (tertiary/aromatic N) is 2. The second kappa shape index (κ2) is 10.8. The molecule has 3 aromatic rings. The van der Waals surface area contributed by atoms with Crippen LogP contribution in [0.25, 0.3) is 0 Å². The molecule has 0 aliphatic heterocycles. The molecule has 0 saturated heterocycles. The van der Waals surface area contributed by atoms with Crippen molar-refractivity contribution in [2.45, 2.75) is 44.9 Å². The molecule has 2 amide bonds. The van der Waals surface area contributed by atoms with Crippen molar-refractivity contribution in [3.63, 3.8) is 0 Å². The topological polar surface area (TPSA) is 146 Å². The molecular formula is C25H27N5O5. The number of carbonyl (C=O) groups is 3. The minimum atomic E-state index is -0.728. The third-order valence-electron chi connectivity index (χ3n) is 6.00. The first-order valence-electron chi connectivity index (χ1n) is 11.5. The Kier molecular flexibility index (Phi) is 7.39. The minimum absolute atomic E-state index is 0.0453. The molecule has 182 valence electrons. The van der Waals surface area contributed by atoms with Crippen LogP contribution >= 0.6 is 0 Å². The summed E-state index contributed by atoms with van der Waals surface area (Å²) < 4.78 is 5.42. The van der Waals surface area contributed by atoms with Crippen LogP contribution in [0.15, 0.2) is 52.9 Å². The van der Waals surface area contributed by atoms with Crippen LogP contribution < -0.4 is 16.0 Å². The van der Waals surface area contributed by atoms with E-state index in [1.165, 1.54) is 12.5 Å². The van der Waals surface area contributed by atoms with Crippen LogP contribution in [0, 0.1) is 5.92 Å². The molecule has 0 unspecified atom stereocenters. The predicted molar refractivity (Wildman–Crippen MR) is 130 cm³/mol. The molecule has 1 fully saturated rings. The van der Waals surface area contributed by atoms with Gasteiger partial charge in [-0.15, -0.1) is 5.10 Å². The molecule has 4 N–H and O–H groups in total. The molecule has 10 nitrogen and oxygen atoms in total. The van der Waals surface area contributed by atoms with Crippen molar-refractivity contribution < 1.29 is 23.9 Å². The first kappa shape index (κ1) is 23.9. The van der Waals surface area contributed by atoms with E-state index in [0.29, 0.717) is 23.0 Å². The number of benzene rings is 2. The van der Waals surface area contributed by atoms with Crippen LogP contribution in [-0.2, 0) is 9.59 Å². The van der Waals surface area contributed by atoms with Crippen molar-refractivity contribution in [2.75, 3.05) is 16.0 Å². The Morgan fingerprint density at radius 1 is 0.943 bits per heavy atom. The van der Waals surface area contributed by atoms with E-state index in [-0.39, 0.29) is 30.2 Å². The van der Waals surface area contributed by atoms with Crippen molar-refractivity contribution in [3.05, 3.63) is 60.0 Å². The van der Waals surface area contributed by atoms with Gasteiger partial charge in [0.2, 0.25) is 5.91 Å². The first-order chi connectivity index (χ1) is 16.9. The smallest absolute Gasteiger partial charge is 0.320 e. The lowest BCUT2D eigenvalue weighted by Crippen LogP contribution is -2.16. The van der Waals surface area contributed by atoms with E-state index >= 15 is 0 Å². The van der Waals surface area contributed by atoms with Gasteiger partial charge in [-0.3, -0.25) is 14.4 Å². The average molecular weight is 478 g/mol. The molecule has 1 heterocycles. The van der Waals surface area contributed by atoms with E-state index in [0.717, 1.165) is 25.7 Å². The van der Waals surface area contributed by atoms with E-state index in [2.05, 4.69) is 26.1 Å². The molecule has 0 spiro atoms. The van der Waals surface area contributed by atoms with E-state index in [4.69, 9.17) is 9.52 Å². The minimum Gasteiger partial charge on any atom is -0.481 e. The summed E-state index contributed by atoms with van der Waals surface area (Å²) in [4.78, 5) is 34.7. The maximum absolute atomic E-state index is 12.5. The number of aliphatic carboxylic acids is 1. The number of nitrogens with one attached hydrogen (secondary N) is 3. The zero-order valence-electron chi connectivity index (χ0n) is 19.3. The third-order valence-corrected chi connectivity index (χ3v) is 6.00. The molecule has 1 aliphatic rings. The quantitative estimate of drug-likeness (QED) is 0.363. The summed E-state index contributed by atoms with van der Waals surface area (Å²) in [5.41, 5.74) is 3.01. The Morgan fingerprint density at radius 2 is 1.66 bits per heavy atom. The normalized spacial score (nSPS) is 17.4. The molecule has 0 bridgehead atoms. The van der Waals surface area contributed by atoms with Crippen LogP contribution in [-0.4, -0.2) is 33.1 Å². The zero-order chi connectivity index (χ0) is 24.8. The van der Waals surface area contributed by atoms with Crippen LogP contribution in [0.1, 0.15) is 61.2 Å². The summed E-state index contributed by atoms with van der Waals surface area (Å²) >= 11 is 0. The SMILES string of the molecule is CC(=O)Nc1cccc(Nc2nnc(C(=O)Nc3ccc(C4CCC(CC(=O)O)CC4)cc3)o2)c1. The lowest BCUT2D eigenvalue weighted by Gasteiger charge is -2.28. The second-order valence-corrected chi connectivity index (χ2v) is 8.69. The summed E-state index contributed by atoms with van der Waals surface area (Å²) in [6.45, 7) is 1.42. The van der Waals surface area contributed by atoms with Crippen LogP contribution in [0.2, 0.25) is 0 Å². The highest BCUT2D eigenvalue weighted by molar-refractivity contribution is 6.00. The number of hydrogen-bond acceptors (Lipinski definition) is 7. The van der Waals surface area contributed by atoms with Crippen LogP contribution in [0.4, 0.5) is 23.1 Å². The highest BCUT2D eigenvalue weighted by atomic mass is 16.4. The summed E-state index contributed by atoms with van der Waals surface area (Å²) in [7, 11) is 0. The fraction of sp³-hybridized carbons (Fsp3) is 0.320. The summed E-state index contributed by atoms with van der Waals surface area (Å²) in [6.07, 6.45) is 4.01. The molecule has 1 aliphatic carbocycles. The predicted octanol–water partition coefficient (Wildman–Crippen LogP) is 4.77. The van der Waals surface area contributed by atoms with Gasteiger partial charge < -0.3 is 25.5 Å². The number of aromatic nitrogens is 2. The summed E-state index contributed by atoms with van der Waals surface area (Å²) in [5.74, 6) is -0.967. The maximum atomic E-state index is 12.5. The Hall–Kier alpha value is -4.21. The molecular weight excluding hydrogens is 450 g/mol. The molecule has 0 atom stereocenters. The number of rotatable bonds is 8. The Balaban J connectivity index is 1.31. The monoisotopic (exact) mass is 477 g/mol. The highest BCUT2D eigenvalue weighted by Gasteiger charge is 2.24. The second-order valence-electron chi connectivity index (χ2n) is 8.69. The van der Waals surface area contributed by atoms with Gasteiger partial charge >= 0.3 is 23.8 Å². The Bertz CT molecular complexity index is 1200. The average Bonchev–Trinajstić information content (AvgIpc) is 3.28. The van der Waals surface area contributed by atoms with E-state index in [1.54, 1.807) is 24.3 Å². The van der Waals surface area contributed by atoms with Crippen molar-refractivity contribution in [3.8, 4) is 0 Å². The molecule has 0 radical (unpaired) electrons. The number of amides is 2.